The van der Waals surface area contributed by atoms with Crippen molar-refractivity contribution in [2.75, 3.05) is 7.11 Å². The molecule has 1 heterocycles. The van der Waals surface area contributed by atoms with E-state index in [1.165, 1.54) is 91.5 Å². The number of hydrogen-bond acceptors (Lipinski definition) is 4. The van der Waals surface area contributed by atoms with Crippen molar-refractivity contribution in [2.45, 2.75) is 113 Å². The van der Waals surface area contributed by atoms with Crippen molar-refractivity contribution in [3.8, 4) is 5.75 Å². The van der Waals surface area contributed by atoms with Crippen molar-refractivity contribution in [2.24, 2.45) is 0 Å². The van der Waals surface area contributed by atoms with Gasteiger partial charge in [0.2, 0.25) is 0 Å². The molecule has 1 unspecified atom stereocenters. The summed E-state index contributed by atoms with van der Waals surface area (Å²) >= 11 is 1.88. The number of rotatable bonds is 18. The third-order valence-electron chi connectivity index (χ3n) is 7.07. The van der Waals surface area contributed by atoms with Gasteiger partial charge in [0.25, 0.3) is 0 Å². The Bertz CT molecular complexity index is 989. The van der Waals surface area contributed by atoms with Crippen molar-refractivity contribution >= 4 is 11.8 Å². The number of hydrogen-bond donors (Lipinski definition) is 0. The van der Waals surface area contributed by atoms with Crippen molar-refractivity contribution in [1.29, 1.82) is 0 Å². The molecular formula is C31H45N3OS. The van der Waals surface area contributed by atoms with Crippen LogP contribution in [0.5, 0.6) is 5.75 Å². The van der Waals surface area contributed by atoms with Gasteiger partial charge in [0.15, 0.2) is 0 Å². The molecule has 0 aliphatic heterocycles. The van der Waals surface area contributed by atoms with Crippen LogP contribution in [0.1, 0.15) is 101 Å². The summed E-state index contributed by atoms with van der Waals surface area (Å²) in [6.07, 6.45) is 19.8. The predicted octanol–water partition coefficient (Wildman–Crippen LogP) is 9.23. The zero-order valence-corrected chi connectivity index (χ0v) is 23.4. The minimum absolute atomic E-state index is 0.531. The maximum absolute atomic E-state index is 5.41. The fourth-order valence-electron chi connectivity index (χ4n) is 4.87. The number of aryl methyl sites for hydroxylation is 2. The Morgan fingerprint density at radius 3 is 2.14 bits per heavy atom. The number of ether oxygens (including phenoxy) is 1. The maximum atomic E-state index is 5.41. The monoisotopic (exact) mass is 507 g/mol. The van der Waals surface area contributed by atoms with Crippen LogP contribution in [-0.4, -0.2) is 21.9 Å². The van der Waals surface area contributed by atoms with E-state index in [2.05, 4.69) is 71.1 Å². The highest BCUT2D eigenvalue weighted by Crippen LogP contribution is 2.39. The second kappa shape index (κ2) is 16.5. The average Bonchev–Trinajstić information content (AvgIpc) is 3.42. The number of nitrogens with zero attached hydrogens (tertiary/aromatic N) is 3. The average molecular weight is 508 g/mol. The lowest BCUT2D eigenvalue weighted by molar-refractivity contribution is 0.414. The highest BCUT2D eigenvalue weighted by molar-refractivity contribution is 7.99. The van der Waals surface area contributed by atoms with Gasteiger partial charge in [-0.3, -0.25) is 0 Å². The van der Waals surface area contributed by atoms with Gasteiger partial charge in [-0.2, -0.15) is 0 Å². The summed E-state index contributed by atoms with van der Waals surface area (Å²) in [4.78, 5) is 2.66. The SMILES string of the molecule is CCCCCCCCCCCCC(CCn1cnnc1)c1ccccc1Sc1ccc(OC)cc1C. The van der Waals surface area contributed by atoms with E-state index in [0.29, 0.717) is 5.92 Å². The van der Waals surface area contributed by atoms with Crippen LogP contribution in [0.3, 0.4) is 0 Å². The Kier molecular flexibility index (Phi) is 12.9. The number of unbranched alkanes of at least 4 members (excludes halogenated alkanes) is 9. The van der Waals surface area contributed by atoms with E-state index in [1.807, 2.05) is 24.4 Å². The second-order valence-corrected chi connectivity index (χ2v) is 11.0. The van der Waals surface area contributed by atoms with E-state index in [0.717, 1.165) is 18.7 Å². The summed E-state index contributed by atoms with van der Waals surface area (Å²) in [5.74, 6) is 1.45. The van der Waals surface area contributed by atoms with Crippen molar-refractivity contribution in [1.82, 2.24) is 14.8 Å². The minimum atomic E-state index is 0.531. The normalized spacial score (nSPS) is 12.1. The van der Waals surface area contributed by atoms with Gasteiger partial charge in [0, 0.05) is 16.3 Å². The van der Waals surface area contributed by atoms with Crippen LogP contribution in [0.4, 0.5) is 0 Å². The van der Waals surface area contributed by atoms with Gasteiger partial charge in [-0.15, -0.1) is 10.2 Å². The van der Waals surface area contributed by atoms with E-state index >= 15 is 0 Å². The molecule has 0 spiro atoms. The molecule has 36 heavy (non-hydrogen) atoms. The van der Waals surface area contributed by atoms with Crippen LogP contribution in [0.2, 0.25) is 0 Å². The van der Waals surface area contributed by atoms with E-state index < -0.39 is 0 Å². The first kappa shape index (κ1) is 28.3. The molecule has 0 aliphatic rings. The molecule has 3 aromatic rings. The third kappa shape index (κ3) is 9.65. The van der Waals surface area contributed by atoms with E-state index in [4.69, 9.17) is 4.74 Å². The van der Waals surface area contributed by atoms with Gasteiger partial charge < -0.3 is 9.30 Å². The Morgan fingerprint density at radius 2 is 1.47 bits per heavy atom. The van der Waals surface area contributed by atoms with Crippen LogP contribution in [0.15, 0.2) is 64.9 Å². The lowest BCUT2D eigenvalue weighted by Gasteiger charge is -2.21. The van der Waals surface area contributed by atoms with Crippen molar-refractivity contribution < 1.29 is 4.74 Å². The van der Waals surface area contributed by atoms with Crippen LogP contribution >= 0.6 is 11.8 Å². The summed E-state index contributed by atoms with van der Waals surface area (Å²) < 4.78 is 7.51. The number of aromatic nitrogens is 3. The van der Waals surface area contributed by atoms with Crippen LogP contribution < -0.4 is 4.74 Å². The van der Waals surface area contributed by atoms with E-state index in [9.17, 15) is 0 Å². The maximum Gasteiger partial charge on any atom is 0.119 e. The zero-order valence-electron chi connectivity index (χ0n) is 22.6. The molecule has 5 heteroatoms. The molecule has 0 saturated carbocycles. The van der Waals surface area contributed by atoms with Gasteiger partial charge in [-0.05, 0) is 61.1 Å². The first-order chi connectivity index (χ1) is 17.7. The summed E-state index contributed by atoms with van der Waals surface area (Å²) in [6.45, 7) is 5.41. The Morgan fingerprint density at radius 1 is 0.806 bits per heavy atom. The zero-order chi connectivity index (χ0) is 25.4. The molecule has 0 bridgehead atoms. The Hall–Kier alpha value is -2.27. The van der Waals surface area contributed by atoms with Gasteiger partial charge in [-0.1, -0.05) is 101 Å². The van der Waals surface area contributed by atoms with Crippen LogP contribution in [0, 0.1) is 6.92 Å². The summed E-state index contributed by atoms with van der Waals surface area (Å²) in [5, 5.41) is 7.99. The molecule has 0 fully saturated rings. The Labute approximate surface area is 223 Å². The molecule has 1 aromatic heterocycles. The molecule has 0 N–H and O–H groups in total. The predicted molar refractivity (Wildman–Crippen MR) is 152 cm³/mol. The van der Waals surface area contributed by atoms with E-state index in [1.54, 1.807) is 7.11 Å². The smallest absolute Gasteiger partial charge is 0.119 e. The molecule has 1 atom stereocenters. The molecule has 0 aliphatic carbocycles. The van der Waals surface area contributed by atoms with Crippen LogP contribution in [-0.2, 0) is 6.54 Å². The highest BCUT2D eigenvalue weighted by Gasteiger charge is 2.17. The second-order valence-electron chi connectivity index (χ2n) is 9.93. The molecule has 0 radical (unpaired) electrons. The van der Waals surface area contributed by atoms with Gasteiger partial charge in [-0.25, -0.2) is 0 Å². The third-order valence-corrected chi connectivity index (χ3v) is 8.34. The molecule has 196 valence electrons. The summed E-state index contributed by atoms with van der Waals surface area (Å²) in [5.41, 5.74) is 2.73. The largest absolute Gasteiger partial charge is 0.497 e. The quantitative estimate of drug-likeness (QED) is 0.161. The first-order valence-corrected chi connectivity index (χ1v) is 14.8. The van der Waals surface area contributed by atoms with Crippen molar-refractivity contribution in [3.63, 3.8) is 0 Å². The fourth-order valence-corrected chi connectivity index (χ4v) is 5.96. The lowest BCUT2D eigenvalue weighted by Crippen LogP contribution is -2.06. The summed E-state index contributed by atoms with van der Waals surface area (Å²) in [6, 6.07) is 15.4. The number of methoxy groups -OCH3 is 1. The summed E-state index contributed by atoms with van der Waals surface area (Å²) in [7, 11) is 1.73. The molecule has 4 nitrogen and oxygen atoms in total. The van der Waals surface area contributed by atoms with Gasteiger partial charge in [0.1, 0.15) is 18.4 Å². The van der Waals surface area contributed by atoms with Crippen LogP contribution in [0.25, 0.3) is 0 Å². The minimum Gasteiger partial charge on any atom is -0.497 e. The highest BCUT2D eigenvalue weighted by atomic mass is 32.2. The molecule has 0 amide bonds. The Balaban J connectivity index is 1.59. The first-order valence-electron chi connectivity index (χ1n) is 13.9. The topological polar surface area (TPSA) is 39.9 Å². The molecular weight excluding hydrogens is 462 g/mol. The fraction of sp³-hybridized carbons (Fsp3) is 0.548. The number of benzene rings is 2. The van der Waals surface area contributed by atoms with Crippen molar-refractivity contribution in [3.05, 3.63) is 66.2 Å². The lowest BCUT2D eigenvalue weighted by atomic mass is 9.90. The molecule has 2 aromatic carbocycles. The van der Waals surface area contributed by atoms with Gasteiger partial charge in [0.05, 0.1) is 7.11 Å². The van der Waals surface area contributed by atoms with Gasteiger partial charge >= 0.3 is 0 Å². The molecule has 0 saturated heterocycles. The standard InChI is InChI=1S/C31H45N3OS/c1-4-5-6-7-8-9-10-11-12-13-16-27(21-22-34-24-32-33-25-34)29-17-14-15-18-31(29)36-30-20-19-28(35-3)23-26(30)2/h14-15,17-20,23-25,27H,4-13,16,21-22H2,1-3H3. The molecule has 3 rings (SSSR count). The van der Waals surface area contributed by atoms with E-state index in [-0.39, 0.29) is 0 Å².